The summed E-state index contributed by atoms with van der Waals surface area (Å²) in [6.45, 7) is 9.42. The molecule has 0 unspecified atom stereocenters. The molecule has 3 atom stereocenters. The van der Waals surface area contributed by atoms with E-state index in [1.807, 2.05) is 20.8 Å². The molecule has 12 nitrogen and oxygen atoms in total. The Morgan fingerprint density at radius 1 is 0.718 bits per heavy atom. The molecule has 0 amide bonds. The number of nitrogens with two attached hydrogens (primary N) is 1. The van der Waals surface area contributed by atoms with E-state index in [1.54, 1.807) is 19.9 Å². The third-order valence-corrected chi connectivity index (χ3v) is 5.26. The Morgan fingerprint density at radius 3 is 1.82 bits per heavy atom. The Labute approximate surface area is 229 Å². The van der Waals surface area contributed by atoms with Gasteiger partial charge in [-0.1, -0.05) is 39.7 Å². The maximum atomic E-state index is 12.6. The van der Waals surface area contributed by atoms with Crippen LogP contribution in [0.1, 0.15) is 72.3 Å². The maximum absolute atomic E-state index is 12.6. The van der Waals surface area contributed by atoms with Gasteiger partial charge in [-0.3, -0.25) is 4.79 Å². The first-order chi connectivity index (χ1) is 18.6. The highest BCUT2D eigenvalue weighted by molar-refractivity contribution is 5.76. The van der Waals surface area contributed by atoms with E-state index in [0.717, 1.165) is 12.8 Å². The lowest BCUT2D eigenvalue weighted by Crippen LogP contribution is -2.39. The van der Waals surface area contributed by atoms with Gasteiger partial charge >= 0.3 is 24.4 Å². The van der Waals surface area contributed by atoms with Crippen molar-refractivity contribution in [3.8, 4) is 11.5 Å². The van der Waals surface area contributed by atoms with Crippen LogP contribution in [0.25, 0.3) is 0 Å². The van der Waals surface area contributed by atoms with E-state index in [4.69, 9.17) is 38.9 Å². The number of ether oxygens (including phenoxy) is 7. The van der Waals surface area contributed by atoms with E-state index in [0.29, 0.717) is 24.8 Å². The third-order valence-electron chi connectivity index (χ3n) is 5.26. The standard InChI is InChI=1S/C27H41NO11/c1-6-9-14-34-26(31)38-22-12-11-20(17-23(22)39-27(32)35-15-10-7-2)16-21(28)24(29)36-18(4)19(5)37-25(30)33-13-8-3/h11-12,17-19,21H,6-10,13-16,28H2,1-5H3/t18-,19-,21-/m0/s1. The number of unbranched alkanes of at least 4 members (excludes halogenated alkanes) is 2. The van der Waals surface area contributed by atoms with Crippen LogP contribution in [0.15, 0.2) is 18.2 Å². The highest BCUT2D eigenvalue weighted by Gasteiger charge is 2.25. The van der Waals surface area contributed by atoms with Gasteiger partial charge in [0.05, 0.1) is 19.8 Å². The fourth-order valence-electron chi connectivity index (χ4n) is 2.85. The zero-order chi connectivity index (χ0) is 29.2. The molecule has 0 aliphatic heterocycles. The van der Waals surface area contributed by atoms with E-state index in [9.17, 15) is 19.2 Å². The number of carbonyl (C=O) groups is 4. The number of rotatable bonds is 16. The van der Waals surface area contributed by atoms with Gasteiger partial charge in [0.1, 0.15) is 18.2 Å². The van der Waals surface area contributed by atoms with Gasteiger partial charge in [-0.05, 0) is 57.2 Å². The van der Waals surface area contributed by atoms with Crippen LogP contribution >= 0.6 is 0 Å². The average Bonchev–Trinajstić information content (AvgIpc) is 2.89. The van der Waals surface area contributed by atoms with E-state index in [-0.39, 0.29) is 37.7 Å². The second kappa shape index (κ2) is 18.7. The second-order valence-corrected chi connectivity index (χ2v) is 8.76. The molecule has 0 aliphatic rings. The normalized spacial score (nSPS) is 12.9. The fraction of sp³-hybridized carbons (Fsp3) is 0.630. The summed E-state index contributed by atoms with van der Waals surface area (Å²) in [6, 6.07) is 3.25. The van der Waals surface area contributed by atoms with Gasteiger partial charge in [-0.2, -0.15) is 0 Å². The molecular weight excluding hydrogens is 514 g/mol. The summed E-state index contributed by atoms with van der Waals surface area (Å²) in [4.78, 5) is 48.3. The lowest BCUT2D eigenvalue weighted by molar-refractivity contribution is -0.155. The van der Waals surface area contributed by atoms with Crippen molar-refractivity contribution in [2.24, 2.45) is 5.73 Å². The van der Waals surface area contributed by atoms with Crippen LogP contribution in [-0.2, 0) is 34.9 Å². The Bertz CT molecular complexity index is 921. The summed E-state index contributed by atoms with van der Waals surface area (Å²) in [7, 11) is 0. The number of hydrogen-bond acceptors (Lipinski definition) is 12. The van der Waals surface area contributed by atoms with Crippen molar-refractivity contribution in [1.29, 1.82) is 0 Å². The van der Waals surface area contributed by atoms with Gasteiger partial charge in [-0.25, -0.2) is 14.4 Å². The molecule has 0 saturated carbocycles. The predicted octanol–water partition coefficient (Wildman–Crippen LogP) is 5.07. The first-order valence-electron chi connectivity index (χ1n) is 13.2. The maximum Gasteiger partial charge on any atom is 0.513 e. The van der Waals surface area contributed by atoms with Gasteiger partial charge in [0.2, 0.25) is 0 Å². The van der Waals surface area contributed by atoms with Crippen LogP contribution in [0.2, 0.25) is 0 Å². The van der Waals surface area contributed by atoms with Crippen LogP contribution < -0.4 is 15.2 Å². The average molecular weight is 556 g/mol. The lowest BCUT2D eigenvalue weighted by Gasteiger charge is -2.22. The Hall–Kier alpha value is -3.54. The van der Waals surface area contributed by atoms with Crippen molar-refractivity contribution in [3.05, 3.63) is 23.8 Å². The van der Waals surface area contributed by atoms with Crippen LogP contribution in [0.4, 0.5) is 14.4 Å². The van der Waals surface area contributed by atoms with E-state index in [2.05, 4.69) is 0 Å². The van der Waals surface area contributed by atoms with Crippen LogP contribution in [-0.4, -0.2) is 62.5 Å². The molecule has 12 heteroatoms. The van der Waals surface area contributed by atoms with Gasteiger partial charge in [0.25, 0.3) is 0 Å². The summed E-state index contributed by atoms with van der Waals surface area (Å²) >= 11 is 0. The highest BCUT2D eigenvalue weighted by Crippen LogP contribution is 2.30. The zero-order valence-electron chi connectivity index (χ0n) is 23.4. The predicted molar refractivity (Wildman–Crippen MR) is 140 cm³/mol. The zero-order valence-corrected chi connectivity index (χ0v) is 23.4. The smallest absolute Gasteiger partial charge is 0.458 e. The summed E-state index contributed by atoms with van der Waals surface area (Å²) in [5.41, 5.74) is 6.53. The van der Waals surface area contributed by atoms with Crippen molar-refractivity contribution in [1.82, 2.24) is 0 Å². The molecule has 220 valence electrons. The third kappa shape index (κ3) is 13.7. The monoisotopic (exact) mass is 555 g/mol. The number of hydrogen-bond donors (Lipinski definition) is 1. The minimum atomic E-state index is -1.10. The number of carbonyl (C=O) groups excluding carboxylic acids is 4. The van der Waals surface area contributed by atoms with Crippen molar-refractivity contribution >= 4 is 24.4 Å². The molecular formula is C27H41NO11. The summed E-state index contributed by atoms with van der Waals surface area (Å²) in [5.74, 6) is -0.914. The molecule has 0 fully saturated rings. The van der Waals surface area contributed by atoms with Gasteiger partial charge < -0.3 is 38.9 Å². The molecule has 0 aliphatic carbocycles. The van der Waals surface area contributed by atoms with Crippen molar-refractivity contribution < 1.29 is 52.3 Å². The summed E-state index contributed by atoms with van der Waals surface area (Å²) < 4.78 is 35.7. The molecule has 0 saturated heterocycles. The first kappa shape index (κ1) is 33.5. The van der Waals surface area contributed by atoms with Gasteiger partial charge in [-0.15, -0.1) is 0 Å². The van der Waals surface area contributed by atoms with Crippen LogP contribution in [0, 0.1) is 0 Å². The molecule has 0 bridgehead atoms. The lowest BCUT2D eigenvalue weighted by atomic mass is 10.1. The van der Waals surface area contributed by atoms with Gasteiger partial charge in [0.15, 0.2) is 11.5 Å². The van der Waals surface area contributed by atoms with Crippen molar-refractivity contribution in [2.75, 3.05) is 19.8 Å². The molecule has 1 rings (SSSR count). The molecule has 0 aromatic heterocycles. The number of benzene rings is 1. The van der Waals surface area contributed by atoms with Crippen molar-refractivity contribution in [3.63, 3.8) is 0 Å². The summed E-state index contributed by atoms with van der Waals surface area (Å²) in [6.07, 6.45) is -0.717. The van der Waals surface area contributed by atoms with E-state index in [1.165, 1.54) is 12.1 Å². The fourth-order valence-corrected chi connectivity index (χ4v) is 2.85. The quantitative estimate of drug-likeness (QED) is 0.125. The topological polar surface area (TPSA) is 159 Å². The van der Waals surface area contributed by atoms with E-state index >= 15 is 0 Å². The van der Waals surface area contributed by atoms with Crippen LogP contribution in [0.5, 0.6) is 11.5 Å². The first-order valence-corrected chi connectivity index (χ1v) is 13.2. The Morgan fingerprint density at radius 2 is 1.26 bits per heavy atom. The SMILES string of the molecule is CCCCOC(=O)Oc1ccc(C[C@H](N)C(=O)O[C@@H](C)[C@H](C)OC(=O)OCCC)cc1OC(=O)OCCCC. The highest BCUT2D eigenvalue weighted by atomic mass is 16.7. The molecule has 39 heavy (non-hydrogen) atoms. The molecule has 0 radical (unpaired) electrons. The second-order valence-electron chi connectivity index (χ2n) is 8.76. The molecule has 0 spiro atoms. The van der Waals surface area contributed by atoms with Crippen LogP contribution in [0.3, 0.4) is 0 Å². The minimum Gasteiger partial charge on any atom is -0.458 e. The largest absolute Gasteiger partial charge is 0.513 e. The Kier molecular flexibility index (Phi) is 16.0. The molecule has 1 aromatic rings. The minimum absolute atomic E-state index is 0.00179. The van der Waals surface area contributed by atoms with Crippen molar-refractivity contribution in [2.45, 2.75) is 91.4 Å². The summed E-state index contributed by atoms with van der Waals surface area (Å²) in [5, 5.41) is 0. The molecule has 0 heterocycles. The molecule has 1 aromatic carbocycles. The van der Waals surface area contributed by atoms with E-state index < -0.39 is 42.7 Å². The van der Waals surface area contributed by atoms with Gasteiger partial charge in [0, 0.05) is 0 Å². The number of esters is 1. The Balaban J connectivity index is 2.87. The molecule has 2 N–H and O–H groups in total.